The molecule has 0 aliphatic carbocycles. The zero-order valence-corrected chi connectivity index (χ0v) is 14.1. The lowest BCUT2D eigenvalue weighted by molar-refractivity contribution is 0.342. The number of hydrogen-bond acceptors (Lipinski definition) is 2. The zero-order chi connectivity index (χ0) is 15.2. The van der Waals surface area contributed by atoms with Gasteiger partial charge in [0.1, 0.15) is 4.99 Å². The lowest BCUT2D eigenvalue weighted by Gasteiger charge is -2.25. The smallest absolute Gasteiger partial charge is 0.104 e. The van der Waals surface area contributed by atoms with Crippen LogP contribution in [0.5, 0.6) is 0 Å². The molecule has 0 heterocycles. The minimum Gasteiger partial charge on any atom is -0.389 e. The van der Waals surface area contributed by atoms with Gasteiger partial charge in [0, 0.05) is 17.8 Å². The van der Waals surface area contributed by atoms with Crippen molar-refractivity contribution in [3.8, 4) is 0 Å². The van der Waals surface area contributed by atoms with E-state index in [1.165, 1.54) is 25.7 Å². The van der Waals surface area contributed by atoms with Gasteiger partial charge in [0.25, 0.3) is 0 Å². The number of hydrogen-bond donors (Lipinski definition) is 2. The maximum Gasteiger partial charge on any atom is 0.104 e. The molecular formula is C17H28N2S. The number of unbranched alkanes of at least 4 members (excludes halogenated alkanes) is 2. The van der Waals surface area contributed by atoms with Crippen LogP contribution >= 0.6 is 12.2 Å². The first-order chi connectivity index (χ1) is 9.35. The molecule has 0 saturated heterocycles. The van der Waals surface area contributed by atoms with Gasteiger partial charge in [-0.2, -0.15) is 0 Å². The number of thiocarbonyl (C=S) groups is 1. The molecule has 0 unspecified atom stereocenters. The number of rotatable bonds is 8. The average molecular weight is 292 g/mol. The molecule has 1 aromatic rings. The molecule has 0 aliphatic heterocycles. The Labute approximate surface area is 129 Å². The Bertz CT molecular complexity index is 452. The van der Waals surface area contributed by atoms with Gasteiger partial charge in [-0.1, -0.05) is 52.3 Å². The minimum absolute atomic E-state index is 0.324. The van der Waals surface area contributed by atoms with E-state index < -0.39 is 0 Å². The molecule has 2 nitrogen and oxygen atoms in total. The summed E-state index contributed by atoms with van der Waals surface area (Å²) in [6.45, 7) is 9.93. The van der Waals surface area contributed by atoms with E-state index in [1.54, 1.807) is 0 Å². The highest BCUT2D eigenvalue weighted by atomic mass is 32.1. The lowest BCUT2D eigenvalue weighted by atomic mass is 9.87. The molecule has 0 atom stereocenters. The van der Waals surface area contributed by atoms with Gasteiger partial charge in [-0.15, -0.1) is 0 Å². The molecule has 1 rings (SSSR count). The highest BCUT2D eigenvalue weighted by Gasteiger charge is 2.17. The molecule has 0 fully saturated rings. The largest absolute Gasteiger partial charge is 0.389 e. The van der Waals surface area contributed by atoms with Crippen LogP contribution in [0.1, 0.15) is 57.6 Å². The van der Waals surface area contributed by atoms with Crippen LogP contribution in [0, 0.1) is 12.3 Å². The van der Waals surface area contributed by atoms with Gasteiger partial charge >= 0.3 is 0 Å². The Morgan fingerprint density at radius 3 is 2.55 bits per heavy atom. The van der Waals surface area contributed by atoms with Gasteiger partial charge in [0.05, 0.1) is 0 Å². The van der Waals surface area contributed by atoms with Crippen molar-refractivity contribution in [2.24, 2.45) is 11.1 Å². The van der Waals surface area contributed by atoms with Crippen LogP contribution in [0.3, 0.4) is 0 Å². The molecule has 20 heavy (non-hydrogen) atoms. The van der Waals surface area contributed by atoms with Crippen LogP contribution in [0.2, 0.25) is 0 Å². The Kier molecular flexibility index (Phi) is 6.47. The van der Waals surface area contributed by atoms with Crippen LogP contribution in [0.15, 0.2) is 18.2 Å². The quantitative estimate of drug-likeness (QED) is 0.541. The highest BCUT2D eigenvalue weighted by molar-refractivity contribution is 7.80. The molecule has 0 spiro atoms. The molecule has 0 bridgehead atoms. The van der Waals surface area contributed by atoms with Crippen LogP contribution in [-0.4, -0.2) is 11.5 Å². The minimum atomic E-state index is 0.324. The Hall–Kier alpha value is -1.09. The summed E-state index contributed by atoms with van der Waals surface area (Å²) in [7, 11) is 0. The third-order valence-electron chi connectivity index (χ3n) is 3.72. The first-order valence-corrected chi connectivity index (χ1v) is 7.91. The van der Waals surface area contributed by atoms with E-state index in [1.807, 2.05) is 13.0 Å². The molecule has 1 aromatic carbocycles. The molecule has 0 amide bonds. The van der Waals surface area contributed by atoms with Crippen LogP contribution in [0.25, 0.3) is 0 Å². The molecule has 3 N–H and O–H groups in total. The molecule has 0 radical (unpaired) electrons. The monoisotopic (exact) mass is 292 g/mol. The maximum absolute atomic E-state index is 5.69. The highest BCUT2D eigenvalue weighted by Crippen LogP contribution is 2.25. The van der Waals surface area contributed by atoms with E-state index in [9.17, 15) is 0 Å². The van der Waals surface area contributed by atoms with Crippen LogP contribution in [-0.2, 0) is 0 Å². The number of anilines is 1. The third kappa shape index (κ3) is 5.49. The van der Waals surface area contributed by atoms with E-state index in [-0.39, 0.29) is 0 Å². The summed E-state index contributed by atoms with van der Waals surface area (Å²) in [5, 5.41) is 3.53. The first-order valence-electron chi connectivity index (χ1n) is 7.50. The van der Waals surface area contributed by atoms with Crippen molar-refractivity contribution in [1.82, 2.24) is 0 Å². The Balaban J connectivity index is 2.57. The summed E-state index contributed by atoms with van der Waals surface area (Å²) in [6.07, 6.45) is 5.18. The summed E-state index contributed by atoms with van der Waals surface area (Å²) in [5.74, 6) is 0. The van der Waals surface area contributed by atoms with Gasteiger partial charge < -0.3 is 11.1 Å². The second-order valence-electron chi connectivity index (χ2n) is 6.37. The van der Waals surface area contributed by atoms with E-state index in [2.05, 4.69) is 38.2 Å². The predicted octanol–water partition coefficient (Wildman–Crippen LogP) is 4.65. The van der Waals surface area contributed by atoms with Gasteiger partial charge in [-0.25, -0.2) is 0 Å². The van der Waals surface area contributed by atoms with Crippen molar-refractivity contribution in [2.75, 3.05) is 11.9 Å². The fourth-order valence-corrected chi connectivity index (χ4v) is 2.56. The Morgan fingerprint density at radius 1 is 1.30 bits per heavy atom. The molecular weight excluding hydrogens is 264 g/mol. The fraction of sp³-hybridized carbons (Fsp3) is 0.588. The van der Waals surface area contributed by atoms with Gasteiger partial charge in [-0.05, 0) is 42.5 Å². The number of nitrogens with one attached hydrogen (secondary N) is 1. The standard InChI is InChI=1S/C17H28N2S/c1-5-6-7-10-17(3,4)12-19-14-8-9-15(16(18)20)13(2)11-14/h8-9,11,19H,5-7,10,12H2,1-4H3,(H2,18,20). The zero-order valence-electron chi connectivity index (χ0n) is 13.3. The van der Waals surface area contributed by atoms with Gasteiger partial charge in [-0.3, -0.25) is 0 Å². The first kappa shape index (κ1) is 17.0. The number of benzene rings is 1. The van der Waals surface area contributed by atoms with E-state index >= 15 is 0 Å². The second kappa shape index (κ2) is 7.63. The normalized spacial score (nSPS) is 11.4. The third-order valence-corrected chi connectivity index (χ3v) is 3.94. The van der Waals surface area contributed by atoms with Gasteiger partial charge in [0.2, 0.25) is 0 Å². The molecule has 0 aromatic heterocycles. The summed E-state index contributed by atoms with van der Waals surface area (Å²) < 4.78 is 0. The number of aryl methyl sites for hydroxylation is 1. The Morgan fingerprint density at radius 2 is 2.00 bits per heavy atom. The topological polar surface area (TPSA) is 38.0 Å². The lowest BCUT2D eigenvalue weighted by Crippen LogP contribution is -2.23. The van der Waals surface area contributed by atoms with E-state index in [0.29, 0.717) is 10.4 Å². The molecule has 112 valence electrons. The summed E-state index contributed by atoms with van der Waals surface area (Å²) in [6, 6.07) is 6.18. The van der Waals surface area contributed by atoms with E-state index in [4.69, 9.17) is 18.0 Å². The van der Waals surface area contributed by atoms with Gasteiger partial charge in [0.15, 0.2) is 0 Å². The van der Waals surface area contributed by atoms with Crippen LogP contribution in [0.4, 0.5) is 5.69 Å². The van der Waals surface area contributed by atoms with E-state index in [0.717, 1.165) is 23.4 Å². The molecule has 0 saturated carbocycles. The maximum atomic E-state index is 5.69. The van der Waals surface area contributed by atoms with Crippen molar-refractivity contribution in [3.05, 3.63) is 29.3 Å². The summed E-state index contributed by atoms with van der Waals surface area (Å²) in [4.78, 5) is 0.467. The molecule has 0 aliphatic rings. The van der Waals surface area contributed by atoms with Crippen molar-refractivity contribution >= 4 is 22.9 Å². The van der Waals surface area contributed by atoms with Crippen molar-refractivity contribution in [2.45, 2.75) is 53.4 Å². The predicted molar refractivity (Wildman–Crippen MR) is 93.5 cm³/mol. The second-order valence-corrected chi connectivity index (χ2v) is 6.81. The van der Waals surface area contributed by atoms with Crippen molar-refractivity contribution in [1.29, 1.82) is 0 Å². The fourth-order valence-electron chi connectivity index (χ4n) is 2.33. The number of nitrogens with two attached hydrogens (primary N) is 1. The van der Waals surface area contributed by atoms with Crippen LogP contribution < -0.4 is 11.1 Å². The SMILES string of the molecule is CCCCCC(C)(C)CNc1ccc(C(N)=S)c(C)c1. The van der Waals surface area contributed by atoms with Crippen molar-refractivity contribution in [3.63, 3.8) is 0 Å². The average Bonchev–Trinajstić information content (AvgIpc) is 2.36. The van der Waals surface area contributed by atoms with Crippen molar-refractivity contribution < 1.29 is 0 Å². The molecule has 3 heteroatoms. The summed E-state index contributed by atoms with van der Waals surface area (Å²) in [5.41, 5.74) is 9.25. The summed E-state index contributed by atoms with van der Waals surface area (Å²) >= 11 is 5.03.